The summed E-state index contributed by atoms with van der Waals surface area (Å²) in [6, 6.07) is 5.25. The number of fused-ring (bicyclic) bond motifs is 1. The van der Waals surface area contributed by atoms with Gasteiger partial charge in [-0.05, 0) is 24.1 Å². The highest BCUT2D eigenvalue weighted by Gasteiger charge is 2.19. The van der Waals surface area contributed by atoms with Gasteiger partial charge < -0.3 is 20.3 Å². The molecule has 0 bridgehead atoms. The van der Waals surface area contributed by atoms with E-state index in [0.29, 0.717) is 13.2 Å². The molecule has 2 rings (SSSR count). The maximum atomic E-state index is 10.0. The van der Waals surface area contributed by atoms with Crippen molar-refractivity contribution in [2.24, 2.45) is 5.73 Å². The topological polar surface area (TPSA) is 64.7 Å². The lowest BCUT2D eigenvalue weighted by Gasteiger charge is -2.23. The van der Waals surface area contributed by atoms with Crippen molar-refractivity contribution >= 4 is 0 Å². The molecule has 0 spiro atoms. The second kappa shape index (κ2) is 6.07. The molecule has 0 fully saturated rings. The van der Waals surface area contributed by atoms with Gasteiger partial charge in [0.15, 0.2) is 11.5 Å². The van der Waals surface area contributed by atoms with Crippen LogP contribution >= 0.6 is 0 Å². The van der Waals surface area contributed by atoms with Crippen LogP contribution in [0.2, 0.25) is 0 Å². The van der Waals surface area contributed by atoms with E-state index in [1.165, 1.54) is 0 Å². The van der Waals surface area contributed by atoms with Gasteiger partial charge in [0.05, 0.1) is 12.1 Å². The van der Waals surface area contributed by atoms with E-state index < -0.39 is 6.10 Å². The molecule has 1 aromatic rings. The summed E-state index contributed by atoms with van der Waals surface area (Å²) in [6.07, 6.45) is 2.27. The van der Waals surface area contributed by atoms with E-state index >= 15 is 0 Å². The van der Waals surface area contributed by atoms with Crippen LogP contribution in [0.1, 0.15) is 37.8 Å². The third-order valence-electron chi connectivity index (χ3n) is 3.22. The van der Waals surface area contributed by atoms with Crippen LogP contribution in [0.4, 0.5) is 0 Å². The quantitative estimate of drug-likeness (QED) is 0.840. The van der Waals surface area contributed by atoms with Gasteiger partial charge in [-0.15, -0.1) is 0 Å². The number of hydrogen-bond donors (Lipinski definition) is 2. The molecule has 0 saturated heterocycles. The third kappa shape index (κ3) is 2.94. The Hall–Kier alpha value is -1.26. The van der Waals surface area contributed by atoms with Crippen LogP contribution in [-0.2, 0) is 0 Å². The fraction of sp³-hybridized carbons (Fsp3) is 0.571. The summed E-state index contributed by atoms with van der Waals surface area (Å²) in [4.78, 5) is 0. The second-order valence-corrected chi connectivity index (χ2v) is 4.64. The molecule has 3 N–H and O–H groups in total. The highest BCUT2D eigenvalue weighted by atomic mass is 16.6. The number of ether oxygens (including phenoxy) is 2. The zero-order chi connectivity index (χ0) is 13.0. The van der Waals surface area contributed by atoms with E-state index in [-0.39, 0.29) is 6.04 Å². The van der Waals surface area contributed by atoms with E-state index in [9.17, 15) is 5.11 Å². The van der Waals surface area contributed by atoms with Gasteiger partial charge in [0, 0.05) is 0 Å². The lowest BCUT2D eigenvalue weighted by atomic mass is 9.98. The van der Waals surface area contributed by atoms with E-state index in [1.54, 1.807) is 0 Å². The monoisotopic (exact) mass is 251 g/mol. The van der Waals surface area contributed by atoms with E-state index in [1.807, 2.05) is 18.2 Å². The molecule has 1 aliphatic heterocycles. The summed E-state index contributed by atoms with van der Waals surface area (Å²) in [5.41, 5.74) is 6.96. The molecule has 4 nitrogen and oxygen atoms in total. The van der Waals surface area contributed by atoms with Crippen molar-refractivity contribution in [3.63, 3.8) is 0 Å². The SMILES string of the molecule is CCCC[C@H](O)[C@H](N)c1ccc2c(c1)OCCO2. The molecule has 0 aliphatic carbocycles. The Morgan fingerprint density at radius 2 is 2.00 bits per heavy atom. The molecule has 0 amide bonds. The second-order valence-electron chi connectivity index (χ2n) is 4.64. The summed E-state index contributed by atoms with van der Waals surface area (Å²) in [6.45, 7) is 3.24. The molecule has 0 unspecified atom stereocenters. The van der Waals surface area contributed by atoms with Gasteiger partial charge in [0.2, 0.25) is 0 Å². The third-order valence-corrected chi connectivity index (χ3v) is 3.22. The normalized spacial score (nSPS) is 17.3. The summed E-state index contributed by atoms with van der Waals surface area (Å²) < 4.78 is 11.0. The maximum absolute atomic E-state index is 10.0. The first kappa shape index (κ1) is 13.2. The molecule has 1 aliphatic rings. The van der Waals surface area contributed by atoms with Crippen LogP contribution in [0.3, 0.4) is 0 Å². The predicted octanol–water partition coefficient (Wildman–Crippen LogP) is 2.01. The van der Waals surface area contributed by atoms with Gasteiger partial charge in [-0.25, -0.2) is 0 Å². The van der Waals surface area contributed by atoms with Gasteiger partial charge in [-0.2, -0.15) is 0 Å². The molecule has 0 radical (unpaired) electrons. The average molecular weight is 251 g/mol. The molecular weight excluding hydrogens is 230 g/mol. The molecule has 4 heteroatoms. The number of aliphatic hydroxyl groups excluding tert-OH is 1. The average Bonchev–Trinajstić information content (AvgIpc) is 2.43. The van der Waals surface area contributed by atoms with Crippen LogP contribution in [-0.4, -0.2) is 24.4 Å². The Bertz CT molecular complexity index is 395. The lowest BCUT2D eigenvalue weighted by molar-refractivity contribution is 0.131. The van der Waals surface area contributed by atoms with Crippen LogP contribution in [0.25, 0.3) is 0 Å². The first-order valence-electron chi connectivity index (χ1n) is 6.55. The van der Waals surface area contributed by atoms with Crippen LogP contribution in [0.15, 0.2) is 18.2 Å². The lowest BCUT2D eigenvalue weighted by Crippen LogP contribution is -2.26. The van der Waals surface area contributed by atoms with Crippen molar-refractivity contribution < 1.29 is 14.6 Å². The van der Waals surface area contributed by atoms with Crippen molar-refractivity contribution in [3.8, 4) is 11.5 Å². The predicted molar refractivity (Wildman–Crippen MR) is 69.9 cm³/mol. The minimum atomic E-state index is -0.507. The Kier molecular flexibility index (Phi) is 4.44. The number of hydrogen-bond acceptors (Lipinski definition) is 4. The minimum Gasteiger partial charge on any atom is -0.486 e. The number of nitrogens with two attached hydrogens (primary N) is 1. The Balaban J connectivity index is 2.08. The van der Waals surface area contributed by atoms with E-state index in [0.717, 1.165) is 36.3 Å². The smallest absolute Gasteiger partial charge is 0.161 e. The van der Waals surface area contributed by atoms with Crippen molar-refractivity contribution in [2.45, 2.75) is 38.3 Å². The minimum absolute atomic E-state index is 0.368. The fourth-order valence-corrected chi connectivity index (χ4v) is 2.08. The standard InChI is InChI=1S/C14H21NO3/c1-2-3-4-11(16)14(15)10-5-6-12-13(9-10)18-8-7-17-12/h5-6,9,11,14,16H,2-4,7-8,15H2,1H3/t11-,14+/m0/s1. The number of unbranched alkanes of at least 4 members (excludes halogenated alkanes) is 1. The molecule has 2 atom stereocenters. The van der Waals surface area contributed by atoms with Crippen LogP contribution in [0, 0.1) is 0 Å². The Morgan fingerprint density at radius 3 is 2.72 bits per heavy atom. The zero-order valence-corrected chi connectivity index (χ0v) is 10.8. The summed E-state index contributed by atoms with van der Waals surface area (Å²) in [5, 5.41) is 10.0. The van der Waals surface area contributed by atoms with Gasteiger partial charge in [-0.1, -0.05) is 25.8 Å². The Labute approximate surface area is 108 Å². The van der Waals surface area contributed by atoms with Crippen LogP contribution < -0.4 is 15.2 Å². The molecule has 1 heterocycles. The number of aliphatic hydroxyl groups is 1. The zero-order valence-electron chi connectivity index (χ0n) is 10.8. The maximum Gasteiger partial charge on any atom is 0.161 e. The largest absolute Gasteiger partial charge is 0.486 e. The van der Waals surface area contributed by atoms with Crippen LogP contribution in [0.5, 0.6) is 11.5 Å². The van der Waals surface area contributed by atoms with Gasteiger partial charge in [0.25, 0.3) is 0 Å². The van der Waals surface area contributed by atoms with Crippen molar-refractivity contribution in [3.05, 3.63) is 23.8 Å². The van der Waals surface area contributed by atoms with Gasteiger partial charge in [0.1, 0.15) is 13.2 Å². The summed E-state index contributed by atoms with van der Waals surface area (Å²) in [5.74, 6) is 1.47. The first-order chi connectivity index (χ1) is 8.72. The van der Waals surface area contributed by atoms with Gasteiger partial charge >= 0.3 is 0 Å². The first-order valence-corrected chi connectivity index (χ1v) is 6.55. The molecule has 1 aromatic carbocycles. The Morgan fingerprint density at radius 1 is 1.28 bits per heavy atom. The van der Waals surface area contributed by atoms with Crippen molar-refractivity contribution in [1.82, 2.24) is 0 Å². The van der Waals surface area contributed by atoms with E-state index in [2.05, 4.69) is 6.92 Å². The number of benzene rings is 1. The molecule has 0 saturated carbocycles. The molecule has 0 aromatic heterocycles. The van der Waals surface area contributed by atoms with E-state index in [4.69, 9.17) is 15.2 Å². The van der Waals surface area contributed by atoms with Gasteiger partial charge in [-0.3, -0.25) is 0 Å². The highest BCUT2D eigenvalue weighted by Crippen LogP contribution is 2.33. The number of rotatable bonds is 5. The molecule has 100 valence electrons. The fourth-order valence-electron chi connectivity index (χ4n) is 2.08. The van der Waals surface area contributed by atoms with Crippen molar-refractivity contribution in [1.29, 1.82) is 0 Å². The highest BCUT2D eigenvalue weighted by molar-refractivity contribution is 5.44. The summed E-state index contributed by atoms with van der Waals surface area (Å²) >= 11 is 0. The van der Waals surface area contributed by atoms with Crippen molar-refractivity contribution in [2.75, 3.05) is 13.2 Å². The molecule has 18 heavy (non-hydrogen) atoms. The summed E-state index contributed by atoms with van der Waals surface area (Å²) in [7, 11) is 0. The molecular formula is C14H21NO3.